The molecule has 7 nitrogen and oxygen atoms in total. The largest absolute Gasteiger partial charge is 0.466 e. The van der Waals surface area contributed by atoms with Gasteiger partial charge in [-0.2, -0.15) is 0 Å². The lowest BCUT2D eigenvalue weighted by molar-refractivity contribution is -0.149. The number of ether oxygens (including phenoxy) is 1. The Labute approximate surface area is 162 Å². The molecule has 1 saturated heterocycles. The summed E-state index contributed by atoms with van der Waals surface area (Å²) in [6.07, 6.45) is 6.50. The number of fused-ring (bicyclic) bond motifs is 3. The van der Waals surface area contributed by atoms with E-state index in [1.165, 1.54) is 0 Å². The fourth-order valence-electron chi connectivity index (χ4n) is 3.68. The van der Waals surface area contributed by atoms with E-state index in [9.17, 15) is 9.59 Å². The molecule has 0 saturated carbocycles. The Bertz CT molecular complexity index is 1030. The first-order valence-corrected chi connectivity index (χ1v) is 9.51. The van der Waals surface area contributed by atoms with Gasteiger partial charge in [0.05, 0.1) is 23.7 Å². The van der Waals surface area contributed by atoms with Gasteiger partial charge in [0.25, 0.3) is 0 Å². The lowest BCUT2D eigenvalue weighted by Crippen LogP contribution is -2.42. The maximum Gasteiger partial charge on any atom is 0.321 e. The maximum atomic E-state index is 12.8. The van der Waals surface area contributed by atoms with Crippen molar-refractivity contribution >= 4 is 39.4 Å². The van der Waals surface area contributed by atoms with Crippen LogP contribution in [-0.4, -0.2) is 46.6 Å². The number of amides is 2. The number of pyridine rings is 2. The van der Waals surface area contributed by atoms with Crippen LogP contribution >= 0.6 is 0 Å². The number of carbonyl (C=O) groups excluding carboxylic acids is 2. The van der Waals surface area contributed by atoms with Crippen molar-refractivity contribution < 1.29 is 14.3 Å². The van der Waals surface area contributed by atoms with Gasteiger partial charge in [-0.1, -0.05) is 0 Å². The molecule has 1 aromatic carbocycles. The maximum absolute atomic E-state index is 12.8. The minimum absolute atomic E-state index is 0.123. The topological polar surface area (TPSA) is 84.4 Å². The van der Waals surface area contributed by atoms with Crippen LogP contribution in [0.25, 0.3) is 21.7 Å². The van der Waals surface area contributed by atoms with Crippen molar-refractivity contribution in [1.29, 1.82) is 0 Å². The summed E-state index contributed by atoms with van der Waals surface area (Å²) in [7, 11) is 0. The molecule has 0 atom stereocenters. The number of rotatable bonds is 3. The third-order valence-electron chi connectivity index (χ3n) is 5.15. The molecule has 28 heavy (non-hydrogen) atoms. The molecular formula is C21H22N4O3. The number of hydrogen-bond donors (Lipinski definition) is 1. The molecule has 7 heteroatoms. The second kappa shape index (κ2) is 7.80. The SMILES string of the molecule is CCOC(=O)C1CCN(C(=O)Nc2cc3ccncc3c3ncccc23)CC1. The average molecular weight is 378 g/mol. The van der Waals surface area contributed by atoms with Gasteiger partial charge in [0.15, 0.2) is 0 Å². The number of piperidine rings is 1. The van der Waals surface area contributed by atoms with E-state index in [0.717, 1.165) is 27.4 Å². The highest BCUT2D eigenvalue weighted by Crippen LogP contribution is 2.30. The van der Waals surface area contributed by atoms with Crippen LogP contribution in [-0.2, 0) is 9.53 Å². The summed E-state index contributed by atoms with van der Waals surface area (Å²) in [6.45, 7) is 3.25. The Balaban J connectivity index is 1.53. The van der Waals surface area contributed by atoms with Gasteiger partial charge < -0.3 is 15.0 Å². The van der Waals surface area contributed by atoms with Crippen LogP contribution in [0.4, 0.5) is 10.5 Å². The van der Waals surface area contributed by atoms with E-state index in [1.54, 1.807) is 30.4 Å². The molecule has 0 aliphatic carbocycles. The highest BCUT2D eigenvalue weighted by molar-refractivity contribution is 6.13. The molecule has 4 rings (SSSR count). The first-order valence-electron chi connectivity index (χ1n) is 9.51. The standard InChI is InChI=1S/C21H22N4O3/c1-2-28-20(26)14-6-10-25(11-7-14)21(27)24-18-12-15-5-9-22-13-17(15)19-16(18)4-3-8-23-19/h3-5,8-9,12-14H,2,6-7,10-11H2,1H3,(H,24,27). The van der Waals surface area contributed by atoms with Gasteiger partial charge in [-0.25, -0.2) is 4.79 Å². The average Bonchev–Trinajstić information content (AvgIpc) is 2.74. The van der Waals surface area contributed by atoms with Crippen molar-refractivity contribution in [2.24, 2.45) is 5.92 Å². The lowest BCUT2D eigenvalue weighted by atomic mass is 9.97. The van der Waals surface area contributed by atoms with E-state index in [4.69, 9.17) is 4.74 Å². The van der Waals surface area contributed by atoms with Gasteiger partial charge in [0, 0.05) is 42.5 Å². The molecule has 0 spiro atoms. The number of hydrogen-bond acceptors (Lipinski definition) is 5. The van der Waals surface area contributed by atoms with Gasteiger partial charge in [0.2, 0.25) is 0 Å². The molecule has 1 fully saturated rings. The molecule has 0 unspecified atom stereocenters. The van der Waals surface area contributed by atoms with Crippen molar-refractivity contribution in [2.45, 2.75) is 19.8 Å². The summed E-state index contributed by atoms with van der Waals surface area (Å²) >= 11 is 0. The number of benzene rings is 1. The fraction of sp³-hybridized carbons (Fsp3) is 0.333. The summed E-state index contributed by atoms with van der Waals surface area (Å²) in [5.74, 6) is -0.287. The van der Waals surface area contributed by atoms with Gasteiger partial charge in [-0.05, 0) is 49.4 Å². The molecule has 144 valence electrons. The Morgan fingerprint density at radius 2 is 2.04 bits per heavy atom. The Hall–Kier alpha value is -3.22. The van der Waals surface area contributed by atoms with Crippen molar-refractivity contribution in [3.05, 3.63) is 42.9 Å². The van der Waals surface area contributed by atoms with Crippen LogP contribution in [0.1, 0.15) is 19.8 Å². The van der Waals surface area contributed by atoms with Crippen LogP contribution in [0.2, 0.25) is 0 Å². The smallest absolute Gasteiger partial charge is 0.321 e. The molecule has 3 heterocycles. The second-order valence-corrected chi connectivity index (χ2v) is 6.86. The number of nitrogens with one attached hydrogen (secondary N) is 1. The summed E-state index contributed by atoms with van der Waals surface area (Å²) < 4.78 is 5.09. The molecule has 0 radical (unpaired) electrons. The van der Waals surface area contributed by atoms with E-state index in [-0.39, 0.29) is 17.9 Å². The van der Waals surface area contributed by atoms with Crippen molar-refractivity contribution in [3.8, 4) is 0 Å². The van der Waals surface area contributed by atoms with E-state index < -0.39 is 0 Å². The normalized spacial score (nSPS) is 15.0. The number of anilines is 1. The minimum atomic E-state index is -0.166. The number of likely N-dealkylation sites (tertiary alicyclic amines) is 1. The zero-order valence-electron chi connectivity index (χ0n) is 15.7. The molecule has 3 aromatic rings. The van der Waals surface area contributed by atoms with Gasteiger partial charge in [-0.3, -0.25) is 14.8 Å². The number of carbonyl (C=O) groups is 2. The zero-order valence-corrected chi connectivity index (χ0v) is 15.7. The molecule has 0 bridgehead atoms. The summed E-state index contributed by atoms with van der Waals surface area (Å²) in [6, 6.07) is 7.48. The fourth-order valence-corrected chi connectivity index (χ4v) is 3.68. The molecular weight excluding hydrogens is 356 g/mol. The highest BCUT2D eigenvalue weighted by Gasteiger charge is 2.28. The van der Waals surface area contributed by atoms with Crippen molar-refractivity contribution in [3.63, 3.8) is 0 Å². The second-order valence-electron chi connectivity index (χ2n) is 6.86. The van der Waals surface area contributed by atoms with Crippen LogP contribution in [0, 0.1) is 5.92 Å². The van der Waals surface area contributed by atoms with Crippen molar-refractivity contribution in [1.82, 2.24) is 14.9 Å². The Morgan fingerprint density at radius 3 is 2.82 bits per heavy atom. The summed E-state index contributed by atoms with van der Waals surface area (Å²) in [5, 5.41) is 5.82. The molecule has 2 amide bonds. The number of urea groups is 1. The highest BCUT2D eigenvalue weighted by atomic mass is 16.5. The lowest BCUT2D eigenvalue weighted by Gasteiger charge is -2.31. The summed E-state index contributed by atoms with van der Waals surface area (Å²) in [5.41, 5.74) is 1.53. The van der Waals surface area contributed by atoms with E-state index >= 15 is 0 Å². The first-order chi connectivity index (χ1) is 13.7. The van der Waals surface area contributed by atoms with Gasteiger partial charge in [0.1, 0.15) is 0 Å². The third-order valence-corrected chi connectivity index (χ3v) is 5.15. The zero-order chi connectivity index (χ0) is 19.5. The van der Waals surface area contributed by atoms with Crippen LogP contribution in [0.5, 0.6) is 0 Å². The molecule has 1 aliphatic rings. The third kappa shape index (κ3) is 3.47. The van der Waals surface area contributed by atoms with E-state index in [1.807, 2.05) is 24.3 Å². The van der Waals surface area contributed by atoms with Crippen LogP contribution < -0.4 is 5.32 Å². The number of esters is 1. The van der Waals surface area contributed by atoms with Gasteiger partial charge in [-0.15, -0.1) is 0 Å². The molecule has 2 aromatic heterocycles. The van der Waals surface area contributed by atoms with E-state index in [2.05, 4.69) is 15.3 Å². The number of nitrogens with zero attached hydrogens (tertiary/aromatic N) is 3. The molecule has 1 N–H and O–H groups in total. The van der Waals surface area contributed by atoms with Gasteiger partial charge >= 0.3 is 12.0 Å². The van der Waals surface area contributed by atoms with Crippen LogP contribution in [0.15, 0.2) is 42.9 Å². The monoisotopic (exact) mass is 378 g/mol. The predicted molar refractivity (Wildman–Crippen MR) is 107 cm³/mol. The first kappa shape index (κ1) is 18.2. The Kier molecular flexibility index (Phi) is 5.06. The number of aromatic nitrogens is 2. The molecule has 1 aliphatic heterocycles. The quantitative estimate of drug-likeness (QED) is 0.556. The summed E-state index contributed by atoms with van der Waals surface area (Å²) in [4.78, 5) is 35.1. The van der Waals surface area contributed by atoms with Crippen molar-refractivity contribution in [2.75, 3.05) is 25.0 Å². The minimum Gasteiger partial charge on any atom is -0.466 e. The Morgan fingerprint density at radius 1 is 1.21 bits per heavy atom. The van der Waals surface area contributed by atoms with E-state index in [0.29, 0.717) is 32.5 Å². The van der Waals surface area contributed by atoms with Crippen LogP contribution in [0.3, 0.4) is 0 Å². The predicted octanol–water partition coefficient (Wildman–Crippen LogP) is 3.59.